The number of nitro groups is 4. The Hall–Kier alpha value is -15.7. The number of aliphatic carboxylic acids is 1. The van der Waals surface area contributed by atoms with Crippen LogP contribution in [0.4, 0.5) is 34.1 Å². The van der Waals surface area contributed by atoms with Crippen LogP contribution in [0.1, 0.15) is 156 Å². The van der Waals surface area contributed by atoms with Crippen LogP contribution in [0.15, 0.2) is 240 Å². The quantitative estimate of drug-likeness (QED) is 0.0134. The number of ether oxygens (including phenoxy) is 1. The fourth-order valence-corrected chi connectivity index (χ4v) is 16.0. The number of nitrogens with zero attached hydrogens (tertiary/aromatic N) is 9. The van der Waals surface area contributed by atoms with Crippen LogP contribution < -0.4 is 60.4 Å². The molecule has 0 saturated heterocycles. The summed E-state index contributed by atoms with van der Waals surface area (Å²) >= 11 is 5.95. The predicted octanol–water partition coefficient (Wildman–Crippen LogP) is 15.5. The third-order valence-electron chi connectivity index (χ3n) is 23.3. The van der Waals surface area contributed by atoms with E-state index in [4.69, 9.17) is 22.1 Å². The molecule has 6 atom stereocenters. The van der Waals surface area contributed by atoms with Crippen molar-refractivity contribution in [1.82, 2.24) is 38.8 Å². The number of carboxylic acid groups (broad SMARTS) is 1. The minimum Gasteiger partial charge on any atom is -0.480 e. The molecule has 6 heterocycles. The van der Waals surface area contributed by atoms with Gasteiger partial charge >= 0.3 is 17.6 Å². The standard InChI is InChI=1S/C26H28ClN3O3.C17H19N3O4.C17H21N3O2.C15H16N2O5.C14H14N2O5.C9H5NO4/c1-15(2)23(25(32)28-19-11-12-19)30-14-13-20-21(26(30)33)5-4-6-22(20)29-24(31)16(3)17-7-9-18(27)10-8-17;1-10(2)15(16(21)18-11-6-7-11)19-9-8-12-13(17(19)22)4-3-5-14(12)20(23)24;1-10(2)15(16(21)19-11-6-7-11)20-9-8-12-13(17(20)22)4-3-5-14(12)18;1-9(2)13(15(19)22-3)16-8-7-10-11(14(16)18)5-4-6-12(10)17(20)21;1-8(2)12(14(18)19)15-7-6-9-10(13(15)17)4-3-5-11(9)16(20)21;11-9-7-2-1-3-8(10(12)13)6(7)4-5-14-9/h4-10,13-16,19,23H,11-12H2,1-3H3,(H,28,32)(H,29,31);3-5,8-11,15H,6-7H2,1-2H3,(H,18,21);3-5,8-11,15H,6-7,18H2,1-2H3,(H,19,21);4-9,13H,1-3H3;3-8,12H,1-2H3,(H,18,19);1-5H/t16-,23+;2*15-;13-;12-;/m01111./s1. The first kappa shape index (κ1) is 101. The van der Waals surface area contributed by atoms with Gasteiger partial charge in [-0.15, -0.1) is 0 Å². The Balaban J connectivity index is 0.000000159. The number of hydrogen-bond donors (Lipinski definition) is 6. The Labute approximate surface area is 780 Å². The minimum absolute atomic E-state index is 0.0231. The maximum absolute atomic E-state index is 13.4. The van der Waals surface area contributed by atoms with Crippen LogP contribution in [0.3, 0.4) is 0 Å². The number of esters is 1. The molecule has 3 aliphatic rings. The van der Waals surface area contributed by atoms with Gasteiger partial charge in [0.2, 0.25) is 23.6 Å². The number of rotatable bonds is 25. The molecular weight excluding hydrogens is 1780 g/mol. The van der Waals surface area contributed by atoms with E-state index in [9.17, 15) is 103 Å². The summed E-state index contributed by atoms with van der Waals surface area (Å²) in [5, 5.41) is 69.7. The van der Waals surface area contributed by atoms with Gasteiger partial charge in [0, 0.05) is 111 Å². The SMILES string of the molecule is CC(C)[C@H](C(=O)NC1CC1)n1ccc2c(N)cccc2c1=O.CC(C)[C@H](C(=O)NC1CC1)n1ccc2c(NC(=O)[C@@H](C)c3ccc(Cl)cc3)cccc2c1=O.CC(C)[C@H](C(=O)NC1CC1)n1ccc2c([N+](=O)[O-])cccc2c1=O.CC(C)[C@H](C(=O)O)n1ccc2c([N+](=O)[O-])cccc2c1=O.COC(=O)[C@@H](C(C)C)n1ccc2c([N+](=O)[O-])cccc2c1=O.O=c1occc2c([N+](=O)[O-])cccc12. The molecule has 136 heavy (non-hydrogen) atoms. The van der Waals surface area contributed by atoms with Crippen molar-refractivity contribution in [3.8, 4) is 0 Å². The number of hydrogen-bond acceptors (Lipinski definition) is 23. The van der Waals surface area contributed by atoms with Crippen LogP contribution in [0.25, 0.3) is 64.6 Å². The number of non-ortho nitro benzene ring substituents is 4. The Kier molecular flexibility index (Phi) is 32.5. The van der Waals surface area contributed by atoms with Crippen molar-refractivity contribution >= 4 is 146 Å². The van der Waals surface area contributed by atoms with Crippen molar-refractivity contribution < 1.29 is 62.7 Å². The molecule has 0 spiro atoms. The third kappa shape index (κ3) is 23.3. The van der Waals surface area contributed by atoms with E-state index < -0.39 is 84.5 Å². The van der Waals surface area contributed by atoms with E-state index in [1.807, 2.05) is 66.7 Å². The number of carbonyl (C=O) groups excluding carboxylic acids is 5. The Morgan fingerprint density at radius 2 is 0.676 bits per heavy atom. The number of halogens is 1. The summed E-state index contributed by atoms with van der Waals surface area (Å²) in [6.45, 7) is 20.3. The monoisotopic (exact) mass is 1880 g/mol. The molecule has 3 fully saturated rings. The molecule has 37 nitrogen and oxygen atoms in total. The number of methoxy groups -OCH3 is 1. The van der Waals surface area contributed by atoms with E-state index in [0.717, 1.165) is 60.3 Å². The molecule has 0 radical (unpaired) electrons. The maximum Gasteiger partial charge on any atom is 0.343 e. The van der Waals surface area contributed by atoms with Crippen molar-refractivity contribution in [2.45, 2.75) is 169 Å². The average molecular weight is 1880 g/mol. The van der Waals surface area contributed by atoms with Gasteiger partial charge in [0.1, 0.15) is 30.2 Å². The van der Waals surface area contributed by atoms with Crippen LogP contribution in [-0.4, -0.2) is 108 Å². The van der Waals surface area contributed by atoms with Crippen LogP contribution >= 0.6 is 11.6 Å². The lowest BCUT2D eigenvalue weighted by atomic mass is 10.00. The Morgan fingerprint density at radius 3 is 1.01 bits per heavy atom. The molecule has 710 valence electrons. The van der Waals surface area contributed by atoms with Crippen LogP contribution in [0, 0.1) is 70.0 Å². The summed E-state index contributed by atoms with van der Waals surface area (Å²) in [6, 6.07) is 41.5. The Bertz CT molecular complexity index is 7190. The first-order valence-corrected chi connectivity index (χ1v) is 44.3. The molecule has 0 aliphatic heterocycles. The molecule has 3 aliphatic carbocycles. The number of aromatic nitrogens is 5. The van der Waals surface area contributed by atoms with Gasteiger partial charge < -0.3 is 64.1 Å². The van der Waals surface area contributed by atoms with Gasteiger partial charge in [-0.25, -0.2) is 14.4 Å². The smallest absolute Gasteiger partial charge is 0.343 e. The van der Waals surface area contributed by atoms with Crippen molar-refractivity contribution in [2.24, 2.45) is 29.6 Å². The molecule has 6 aromatic heterocycles. The second kappa shape index (κ2) is 43.8. The average Bonchev–Trinajstić information content (AvgIpc) is 1.11. The number of nitrogens with two attached hydrogens (primary N) is 1. The lowest BCUT2D eigenvalue weighted by Gasteiger charge is -2.23. The zero-order chi connectivity index (χ0) is 99.3. The molecular formula is C98H103ClN14O23. The van der Waals surface area contributed by atoms with E-state index in [0.29, 0.717) is 37.9 Å². The summed E-state index contributed by atoms with van der Waals surface area (Å²) in [4.78, 5) is 191. The topological polar surface area (TPSA) is 519 Å². The van der Waals surface area contributed by atoms with Crippen molar-refractivity contribution in [3.05, 3.63) is 320 Å². The molecule has 16 rings (SSSR count). The summed E-state index contributed by atoms with van der Waals surface area (Å²) in [5.74, 6) is -3.18. The van der Waals surface area contributed by atoms with Gasteiger partial charge in [-0.1, -0.05) is 129 Å². The van der Waals surface area contributed by atoms with Crippen LogP contribution in [0.2, 0.25) is 5.02 Å². The van der Waals surface area contributed by atoms with Gasteiger partial charge in [0.05, 0.1) is 82.1 Å². The molecule has 13 aromatic rings. The zero-order valence-corrected chi connectivity index (χ0v) is 77.1. The zero-order valence-electron chi connectivity index (χ0n) is 76.4. The van der Waals surface area contributed by atoms with Gasteiger partial charge in [-0.05, 0) is 178 Å². The highest BCUT2D eigenvalue weighted by atomic mass is 35.5. The van der Waals surface area contributed by atoms with E-state index in [1.54, 1.807) is 101 Å². The van der Waals surface area contributed by atoms with Crippen LogP contribution in [0.5, 0.6) is 0 Å². The van der Waals surface area contributed by atoms with Crippen LogP contribution in [-0.2, 0) is 33.5 Å². The van der Waals surface area contributed by atoms with Gasteiger partial charge in [-0.2, -0.15) is 0 Å². The summed E-state index contributed by atoms with van der Waals surface area (Å²) in [7, 11) is 1.26. The van der Waals surface area contributed by atoms with Crippen molar-refractivity contribution in [1.29, 1.82) is 0 Å². The number of nitro benzene ring substituents is 4. The minimum atomic E-state index is -1.11. The highest BCUT2D eigenvalue weighted by Gasteiger charge is 2.36. The number of benzene rings is 7. The first-order valence-electron chi connectivity index (χ1n) is 43.9. The van der Waals surface area contributed by atoms with Gasteiger partial charge in [0.25, 0.3) is 50.5 Å². The molecule has 0 unspecified atom stereocenters. The number of anilines is 2. The molecule has 0 bridgehead atoms. The molecule has 7 N–H and O–H groups in total. The maximum atomic E-state index is 13.4. The highest BCUT2D eigenvalue weighted by molar-refractivity contribution is 6.30. The molecule has 38 heteroatoms. The number of nitrogens with one attached hydrogen (secondary N) is 4. The number of amides is 4. The fraction of sp³-hybridized carbons (Fsp3) is 0.327. The lowest BCUT2D eigenvalue weighted by molar-refractivity contribution is -0.383. The number of fused-ring (bicyclic) bond motifs is 6. The molecule has 7 aromatic carbocycles. The summed E-state index contributed by atoms with van der Waals surface area (Å²) < 4.78 is 16.1. The largest absolute Gasteiger partial charge is 0.480 e. The number of pyridine rings is 5. The summed E-state index contributed by atoms with van der Waals surface area (Å²) in [5.41, 5.74) is 5.02. The molecule has 4 amide bonds. The highest BCUT2D eigenvalue weighted by Crippen LogP contribution is 2.34. The molecule has 3 saturated carbocycles. The number of nitrogen functional groups attached to an aromatic ring is 1. The van der Waals surface area contributed by atoms with Gasteiger partial charge in [-0.3, -0.25) is 83.6 Å². The van der Waals surface area contributed by atoms with E-state index in [2.05, 4.69) is 25.7 Å². The Morgan fingerprint density at radius 1 is 0.382 bits per heavy atom. The second-order valence-corrected chi connectivity index (χ2v) is 35.3. The number of carboxylic acids is 1. The normalized spacial score (nSPS) is 14.0. The first-order chi connectivity index (χ1) is 64.6. The van der Waals surface area contributed by atoms with E-state index in [1.165, 1.54) is 135 Å². The fourth-order valence-electron chi connectivity index (χ4n) is 15.9. The lowest BCUT2D eigenvalue weighted by Crippen LogP contribution is -2.40. The third-order valence-corrected chi connectivity index (χ3v) is 23.5. The van der Waals surface area contributed by atoms with E-state index in [-0.39, 0.29) is 148 Å². The van der Waals surface area contributed by atoms with Crippen molar-refractivity contribution in [3.63, 3.8) is 0 Å². The second-order valence-electron chi connectivity index (χ2n) is 34.8. The van der Waals surface area contributed by atoms with Gasteiger partial charge in [0.15, 0.2) is 0 Å². The van der Waals surface area contributed by atoms with E-state index >= 15 is 0 Å². The predicted molar refractivity (Wildman–Crippen MR) is 516 cm³/mol. The number of carbonyl (C=O) groups is 6. The van der Waals surface area contributed by atoms with Crippen molar-refractivity contribution in [2.75, 3.05) is 18.2 Å². The summed E-state index contributed by atoms with van der Waals surface area (Å²) in [6.07, 6.45) is 14.6.